The van der Waals surface area contributed by atoms with Gasteiger partial charge in [0, 0.05) is 35.0 Å². The Morgan fingerprint density at radius 2 is 0.966 bits per heavy atom. The second-order valence-electron chi connectivity index (χ2n) is 14.6. The summed E-state index contributed by atoms with van der Waals surface area (Å²) in [6.07, 6.45) is -13.4. The van der Waals surface area contributed by atoms with Gasteiger partial charge >= 0.3 is 17.9 Å². The summed E-state index contributed by atoms with van der Waals surface area (Å²) in [5.74, 6) is -2.12. The normalized spacial score (nSPS) is 34.7. The van der Waals surface area contributed by atoms with E-state index in [2.05, 4.69) is 6.58 Å². The summed E-state index contributed by atoms with van der Waals surface area (Å²) in [5, 5.41) is 0. The van der Waals surface area contributed by atoms with Crippen LogP contribution < -0.4 is 0 Å². The van der Waals surface area contributed by atoms with Crippen LogP contribution in [0.1, 0.15) is 52.7 Å². The van der Waals surface area contributed by atoms with Gasteiger partial charge in [0.1, 0.15) is 36.6 Å². The van der Waals surface area contributed by atoms with Crippen LogP contribution in [0.4, 0.5) is 0 Å². The highest BCUT2D eigenvalue weighted by Gasteiger charge is 2.57. The van der Waals surface area contributed by atoms with Gasteiger partial charge in [0.05, 0.1) is 38.1 Å². The van der Waals surface area contributed by atoms with Crippen molar-refractivity contribution >= 4 is 17.9 Å². The summed E-state index contributed by atoms with van der Waals surface area (Å²) >= 11 is 0. The second-order valence-corrected chi connectivity index (χ2v) is 14.6. The van der Waals surface area contributed by atoms with Crippen LogP contribution in [0.2, 0.25) is 0 Å². The molecule has 0 N–H and O–H groups in total. The molecule has 0 aromatic heterocycles. The van der Waals surface area contributed by atoms with Gasteiger partial charge in [0.15, 0.2) is 37.2 Å². The van der Waals surface area contributed by atoms with Gasteiger partial charge in [-0.05, 0) is 31.9 Å². The van der Waals surface area contributed by atoms with E-state index in [0.29, 0.717) is 0 Å². The number of ether oxygens (including phenoxy) is 13. The fourth-order valence-corrected chi connectivity index (χ4v) is 7.55. The monoisotopic (exact) mass is 830 g/mol. The molecule has 3 heterocycles. The fraction of sp³-hybridized carbons (Fsp3) is 0.605. The minimum absolute atomic E-state index is 0.129. The zero-order valence-electron chi connectivity index (χ0n) is 34.9. The number of hydrogen-bond acceptors (Lipinski definition) is 16. The summed E-state index contributed by atoms with van der Waals surface area (Å²) < 4.78 is 81.2. The molecule has 0 amide bonds. The van der Waals surface area contributed by atoms with E-state index in [1.807, 2.05) is 74.5 Å². The first kappa shape index (κ1) is 46.3. The van der Waals surface area contributed by atoms with Crippen molar-refractivity contribution < 1.29 is 76.0 Å². The summed E-state index contributed by atoms with van der Waals surface area (Å²) in [7, 11) is 3.00. The molecule has 0 bridgehead atoms. The Bertz CT molecular complexity index is 1630. The van der Waals surface area contributed by atoms with Crippen LogP contribution in [0, 0.1) is 0 Å². The van der Waals surface area contributed by atoms with E-state index < -0.39 is 110 Å². The molecule has 16 heteroatoms. The van der Waals surface area contributed by atoms with Gasteiger partial charge in [0.25, 0.3) is 0 Å². The molecule has 15 atom stereocenters. The molecule has 3 fully saturated rings. The molecule has 5 rings (SSSR count). The highest BCUT2D eigenvalue weighted by Crippen LogP contribution is 2.38. The molecule has 2 aromatic carbocycles. The van der Waals surface area contributed by atoms with Gasteiger partial charge in [-0.1, -0.05) is 66.7 Å². The van der Waals surface area contributed by atoms with Gasteiger partial charge in [-0.3, -0.25) is 14.4 Å². The number of hydrogen-bond donors (Lipinski definition) is 0. The van der Waals surface area contributed by atoms with E-state index in [0.717, 1.165) is 11.1 Å². The van der Waals surface area contributed by atoms with Crippen molar-refractivity contribution in [3.05, 3.63) is 84.4 Å². The van der Waals surface area contributed by atoms with E-state index in [4.69, 9.17) is 61.6 Å². The Labute approximate surface area is 345 Å². The summed E-state index contributed by atoms with van der Waals surface area (Å²) in [6, 6.07) is 19.2. The number of carbonyl (C=O) groups is 3. The van der Waals surface area contributed by atoms with Crippen molar-refractivity contribution in [2.45, 2.75) is 147 Å². The number of rotatable bonds is 18. The van der Waals surface area contributed by atoms with Crippen molar-refractivity contribution in [2.24, 2.45) is 0 Å². The lowest BCUT2D eigenvalue weighted by molar-refractivity contribution is -0.390. The van der Waals surface area contributed by atoms with Crippen molar-refractivity contribution in [1.82, 2.24) is 0 Å². The third-order valence-corrected chi connectivity index (χ3v) is 10.2. The van der Waals surface area contributed by atoms with Gasteiger partial charge < -0.3 is 61.6 Å². The Balaban J connectivity index is 1.55. The van der Waals surface area contributed by atoms with Gasteiger partial charge in [0.2, 0.25) is 0 Å². The third kappa shape index (κ3) is 12.2. The van der Waals surface area contributed by atoms with Crippen LogP contribution in [0.15, 0.2) is 73.3 Å². The SMILES string of the molecule is C=CCO[C@H]1[C@H](OC)O[C@@H](C)[C@H](OCc2ccccc2)[C@H]1O[C@@H]1O[C@@H](C)[C@H](OCc2ccccc2)[C@@H](OC)[C@H]1O[C@@H]1O[C@@H](C)[C@H](OC(C)=O)[C@@H](OC(C)=O)[C@H]1OC(C)=O. The largest absolute Gasteiger partial charge is 0.456 e. The molecule has 0 spiro atoms. The Morgan fingerprint density at radius 3 is 1.46 bits per heavy atom. The summed E-state index contributed by atoms with van der Waals surface area (Å²) in [6.45, 7) is 13.2. The maximum Gasteiger partial charge on any atom is 0.303 e. The van der Waals surface area contributed by atoms with Gasteiger partial charge in [-0.15, -0.1) is 6.58 Å². The molecule has 59 heavy (non-hydrogen) atoms. The number of esters is 3. The molecular weight excluding hydrogens is 772 g/mol. The van der Waals surface area contributed by atoms with Crippen LogP contribution in [0.3, 0.4) is 0 Å². The Morgan fingerprint density at radius 1 is 0.525 bits per heavy atom. The number of methoxy groups -OCH3 is 2. The van der Waals surface area contributed by atoms with Crippen LogP contribution in [-0.2, 0) is 89.2 Å². The molecule has 2 aromatic rings. The van der Waals surface area contributed by atoms with E-state index in [1.165, 1.54) is 35.0 Å². The standard InChI is InChI=1S/C43H58O16/c1-10-21-49-38-36(33(25(3)52-41(38)48-9)51-23-31-19-15-12-16-20-31)58-42-39(35(47-8)32(24(2)53-42)50-22-30-17-13-11-14-18-30)59-43-40(57-29(7)46)37(56-28(6)45)34(26(4)54-43)55-27(5)44/h10-20,24-26,32-43H,1,21-23H2,2-9H3/t24-,25-,26-,32-,33-,34-,35+,36+,37+,38+,39+,40+,41+,42-,43-/m0/s1. The molecular formula is C43H58O16. The fourth-order valence-electron chi connectivity index (χ4n) is 7.55. The van der Waals surface area contributed by atoms with Crippen LogP contribution >= 0.6 is 0 Å². The lowest BCUT2D eigenvalue weighted by Crippen LogP contribution is -2.67. The highest BCUT2D eigenvalue weighted by molar-refractivity contribution is 5.68. The molecule has 3 aliphatic heterocycles. The molecule has 16 nitrogen and oxygen atoms in total. The first-order valence-electron chi connectivity index (χ1n) is 19.7. The minimum Gasteiger partial charge on any atom is -0.456 e. The molecule has 0 unspecified atom stereocenters. The zero-order valence-corrected chi connectivity index (χ0v) is 34.9. The molecule has 0 saturated carbocycles. The van der Waals surface area contributed by atoms with E-state index >= 15 is 0 Å². The third-order valence-electron chi connectivity index (χ3n) is 10.2. The van der Waals surface area contributed by atoms with E-state index in [-0.39, 0.29) is 19.8 Å². The maximum absolute atomic E-state index is 12.6. The van der Waals surface area contributed by atoms with Crippen molar-refractivity contribution in [3.8, 4) is 0 Å². The van der Waals surface area contributed by atoms with Gasteiger partial charge in [-0.2, -0.15) is 0 Å². The predicted octanol–water partition coefficient (Wildman–Crippen LogP) is 4.19. The number of benzene rings is 2. The van der Waals surface area contributed by atoms with Crippen LogP contribution in [0.5, 0.6) is 0 Å². The average Bonchev–Trinajstić information content (AvgIpc) is 3.20. The van der Waals surface area contributed by atoms with E-state index in [9.17, 15) is 14.4 Å². The topological polar surface area (TPSA) is 171 Å². The first-order chi connectivity index (χ1) is 28.3. The molecule has 0 aliphatic carbocycles. The quantitative estimate of drug-likeness (QED) is 0.119. The summed E-state index contributed by atoms with van der Waals surface area (Å²) in [4.78, 5) is 37.3. The smallest absolute Gasteiger partial charge is 0.303 e. The average molecular weight is 831 g/mol. The predicted molar refractivity (Wildman–Crippen MR) is 207 cm³/mol. The van der Waals surface area contributed by atoms with Crippen molar-refractivity contribution in [2.75, 3.05) is 20.8 Å². The Kier molecular flexibility index (Phi) is 17.4. The van der Waals surface area contributed by atoms with E-state index in [1.54, 1.807) is 13.0 Å². The molecule has 326 valence electrons. The summed E-state index contributed by atoms with van der Waals surface area (Å²) in [5.41, 5.74) is 1.83. The lowest BCUT2D eigenvalue weighted by atomic mass is 9.95. The van der Waals surface area contributed by atoms with Gasteiger partial charge in [-0.25, -0.2) is 0 Å². The second kappa shape index (κ2) is 22.2. The molecule has 3 aliphatic rings. The zero-order chi connectivity index (χ0) is 42.6. The highest BCUT2D eigenvalue weighted by atomic mass is 16.8. The molecule has 3 saturated heterocycles. The molecule has 0 radical (unpaired) electrons. The van der Waals surface area contributed by atoms with Crippen LogP contribution in [0.25, 0.3) is 0 Å². The minimum atomic E-state index is -1.44. The Hall–Kier alpha value is -3.81. The van der Waals surface area contributed by atoms with Crippen molar-refractivity contribution in [3.63, 3.8) is 0 Å². The number of carbonyl (C=O) groups excluding carboxylic acids is 3. The first-order valence-corrected chi connectivity index (χ1v) is 19.7. The van der Waals surface area contributed by atoms with Crippen LogP contribution in [-0.4, -0.2) is 131 Å². The van der Waals surface area contributed by atoms with Crippen molar-refractivity contribution in [1.29, 1.82) is 0 Å². The maximum atomic E-state index is 12.6. The lowest BCUT2D eigenvalue weighted by Gasteiger charge is -2.51.